The zero-order chi connectivity index (χ0) is 12.6. The number of aliphatic hydroxyl groups is 1. The molecule has 1 aliphatic heterocycles. The van der Waals surface area contributed by atoms with Crippen LogP contribution in [-0.2, 0) is 4.74 Å². The number of rotatable bonds is 1. The van der Waals surface area contributed by atoms with Crippen LogP contribution in [0.5, 0.6) is 0 Å². The summed E-state index contributed by atoms with van der Waals surface area (Å²) >= 11 is 11.9. The molecule has 0 aliphatic carbocycles. The Labute approximate surface area is 109 Å². The molecule has 0 bridgehead atoms. The molecule has 1 aliphatic rings. The van der Waals surface area contributed by atoms with E-state index in [1.54, 1.807) is 25.1 Å². The van der Waals surface area contributed by atoms with Crippen molar-refractivity contribution in [2.45, 2.75) is 25.2 Å². The Balaban J connectivity index is 2.36. The number of hydrogen-bond acceptors (Lipinski definition) is 4. The first-order valence-corrected chi connectivity index (χ1v) is 5.96. The first-order valence-electron chi connectivity index (χ1n) is 5.21. The number of aliphatic hydroxyl groups excluding tert-OH is 1. The van der Waals surface area contributed by atoms with Crippen LogP contribution in [0.1, 0.15) is 18.5 Å². The van der Waals surface area contributed by atoms with E-state index in [0.717, 1.165) is 5.06 Å². The molecule has 1 aromatic carbocycles. The van der Waals surface area contributed by atoms with E-state index in [9.17, 15) is 10.3 Å². The summed E-state index contributed by atoms with van der Waals surface area (Å²) in [5.41, 5.74) is 0.626. The van der Waals surface area contributed by atoms with Crippen LogP contribution in [0.3, 0.4) is 0 Å². The number of nitrogens with zero attached hydrogens (tertiary/aromatic N) is 1. The molecular weight excluding hydrogens is 265 g/mol. The summed E-state index contributed by atoms with van der Waals surface area (Å²) in [4.78, 5) is 0. The van der Waals surface area contributed by atoms with Gasteiger partial charge in [0, 0.05) is 10.0 Å². The van der Waals surface area contributed by atoms with Crippen LogP contribution in [0.25, 0.3) is 0 Å². The summed E-state index contributed by atoms with van der Waals surface area (Å²) in [6.07, 6.45) is -1.22. The molecule has 3 atom stereocenters. The predicted octanol–water partition coefficient (Wildman–Crippen LogP) is 2.46. The lowest BCUT2D eigenvalue weighted by molar-refractivity contribution is -0.271. The lowest BCUT2D eigenvalue weighted by atomic mass is 9.97. The van der Waals surface area contributed by atoms with Gasteiger partial charge in [0.25, 0.3) is 0 Å². The van der Waals surface area contributed by atoms with Crippen molar-refractivity contribution in [3.05, 3.63) is 33.8 Å². The van der Waals surface area contributed by atoms with E-state index in [1.807, 2.05) is 0 Å². The second-order valence-electron chi connectivity index (χ2n) is 4.04. The van der Waals surface area contributed by atoms with Gasteiger partial charge in [0.05, 0.1) is 12.1 Å². The fourth-order valence-corrected chi connectivity index (χ4v) is 2.41. The minimum absolute atomic E-state index is 0.0296. The maximum atomic E-state index is 10.0. The van der Waals surface area contributed by atoms with E-state index in [4.69, 9.17) is 27.9 Å². The van der Waals surface area contributed by atoms with Crippen molar-refractivity contribution in [2.24, 2.45) is 0 Å². The van der Waals surface area contributed by atoms with Crippen LogP contribution >= 0.6 is 23.2 Å². The van der Waals surface area contributed by atoms with Gasteiger partial charge in [-0.05, 0) is 24.6 Å². The van der Waals surface area contributed by atoms with Gasteiger partial charge in [-0.25, -0.2) is 0 Å². The third-order valence-corrected chi connectivity index (χ3v) is 3.44. The maximum Gasteiger partial charge on any atom is 0.123 e. The fourth-order valence-electron chi connectivity index (χ4n) is 1.89. The predicted molar refractivity (Wildman–Crippen MR) is 64.2 cm³/mol. The van der Waals surface area contributed by atoms with E-state index in [2.05, 4.69) is 0 Å². The Morgan fingerprint density at radius 1 is 1.41 bits per heavy atom. The van der Waals surface area contributed by atoms with Crippen molar-refractivity contribution in [3.63, 3.8) is 0 Å². The molecule has 1 aromatic rings. The van der Waals surface area contributed by atoms with Gasteiger partial charge in [0.15, 0.2) is 0 Å². The first-order chi connectivity index (χ1) is 8.00. The lowest BCUT2D eigenvalue weighted by Crippen LogP contribution is -2.48. The molecule has 2 rings (SSSR count). The molecule has 0 spiro atoms. The summed E-state index contributed by atoms with van der Waals surface area (Å²) in [5.74, 6) is 0. The van der Waals surface area contributed by atoms with Crippen molar-refractivity contribution < 1.29 is 15.1 Å². The number of halogens is 2. The maximum absolute atomic E-state index is 10.0. The zero-order valence-corrected chi connectivity index (χ0v) is 10.7. The highest BCUT2D eigenvalue weighted by Crippen LogP contribution is 2.35. The second-order valence-corrected chi connectivity index (χ2v) is 4.89. The Hall–Kier alpha value is -0.360. The molecule has 0 radical (unpaired) electrons. The summed E-state index contributed by atoms with van der Waals surface area (Å²) in [6, 6.07) is 4.34. The van der Waals surface area contributed by atoms with E-state index in [1.165, 1.54) is 0 Å². The van der Waals surface area contributed by atoms with Gasteiger partial charge in [-0.1, -0.05) is 29.3 Å². The van der Waals surface area contributed by atoms with E-state index in [0.29, 0.717) is 15.6 Å². The SMILES string of the molecule is CC1OCN(O)C(c2ccc(Cl)cc2Cl)C1O. The number of hydroxylamine groups is 2. The number of ether oxygens (including phenoxy) is 1. The Kier molecular flexibility index (Phi) is 3.92. The van der Waals surface area contributed by atoms with Crippen LogP contribution in [0.4, 0.5) is 0 Å². The smallest absolute Gasteiger partial charge is 0.123 e. The molecule has 1 heterocycles. The van der Waals surface area contributed by atoms with Gasteiger partial charge in [0.2, 0.25) is 0 Å². The zero-order valence-electron chi connectivity index (χ0n) is 9.18. The molecule has 1 fully saturated rings. The van der Waals surface area contributed by atoms with Gasteiger partial charge in [-0.15, -0.1) is 0 Å². The molecule has 94 valence electrons. The van der Waals surface area contributed by atoms with Gasteiger partial charge in [-0.3, -0.25) is 0 Å². The molecule has 0 amide bonds. The van der Waals surface area contributed by atoms with Crippen LogP contribution < -0.4 is 0 Å². The van der Waals surface area contributed by atoms with Gasteiger partial charge in [-0.2, -0.15) is 5.06 Å². The summed E-state index contributed by atoms with van der Waals surface area (Å²) in [5, 5.41) is 21.7. The topological polar surface area (TPSA) is 52.9 Å². The van der Waals surface area contributed by atoms with Crippen molar-refractivity contribution in [1.82, 2.24) is 5.06 Å². The number of benzene rings is 1. The highest BCUT2D eigenvalue weighted by atomic mass is 35.5. The first kappa shape index (κ1) is 13.1. The molecule has 2 N–H and O–H groups in total. The number of hydrogen-bond donors (Lipinski definition) is 2. The molecule has 17 heavy (non-hydrogen) atoms. The third-order valence-electron chi connectivity index (χ3n) is 2.88. The Morgan fingerprint density at radius 3 is 2.76 bits per heavy atom. The molecule has 6 heteroatoms. The molecule has 0 aromatic heterocycles. The Bertz CT molecular complexity index is 416. The van der Waals surface area contributed by atoms with Gasteiger partial charge in [0.1, 0.15) is 12.8 Å². The van der Waals surface area contributed by atoms with Crippen LogP contribution in [0.15, 0.2) is 18.2 Å². The van der Waals surface area contributed by atoms with Crippen molar-refractivity contribution in [3.8, 4) is 0 Å². The average Bonchev–Trinajstić information content (AvgIpc) is 2.27. The van der Waals surface area contributed by atoms with E-state index >= 15 is 0 Å². The van der Waals surface area contributed by atoms with Crippen molar-refractivity contribution in [2.75, 3.05) is 6.73 Å². The second kappa shape index (κ2) is 5.10. The quantitative estimate of drug-likeness (QED) is 0.828. The van der Waals surface area contributed by atoms with Gasteiger partial charge >= 0.3 is 0 Å². The molecule has 4 nitrogen and oxygen atoms in total. The molecular formula is C11H13Cl2NO3. The van der Waals surface area contributed by atoms with Crippen LogP contribution in [0, 0.1) is 0 Å². The van der Waals surface area contributed by atoms with E-state index in [-0.39, 0.29) is 12.8 Å². The standard InChI is InChI=1S/C11H13Cl2NO3/c1-6-11(15)10(14(16)5-17-6)8-3-2-7(12)4-9(8)13/h2-4,6,10-11,15-16H,5H2,1H3. The average molecular weight is 278 g/mol. The molecule has 3 unspecified atom stereocenters. The highest BCUT2D eigenvalue weighted by molar-refractivity contribution is 6.35. The van der Waals surface area contributed by atoms with Crippen molar-refractivity contribution >= 4 is 23.2 Å². The highest BCUT2D eigenvalue weighted by Gasteiger charge is 2.37. The van der Waals surface area contributed by atoms with Crippen molar-refractivity contribution in [1.29, 1.82) is 0 Å². The summed E-state index contributed by atoms with van der Waals surface area (Å²) in [6.45, 7) is 1.77. The van der Waals surface area contributed by atoms with Gasteiger partial charge < -0.3 is 15.1 Å². The minimum atomic E-state index is -0.854. The third kappa shape index (κ3) is 2.57. The Morgan fingerprint density at radius 2 is 2.12 bits per heavy atom. The summed E-state index contributed by atoms with van der Waals surface area (Å²) < 4.78 is 5.17. The normalized spacial score (nSPS) is 30.5. The molecule has 0 saturated carbocycles. The van der Waals surface area contributed by atoms with Crippen LogP contribution in [-0.4, -0.2) is 34.3 Å². The van der Waals surface area contributed by atoms with E-state index < -0.39 is 12.1 Å². The lowest BCUT2D eigenvalue weighted by Gasteiger charge is -2.38. The molecule has 1 saturated heterocycles. The summed E-state index contributed by atoms with van der Waals surface area (Å²) in [7, 11) is 0. The van der Waals surface area contributed by atoms with Crippen LogP contribution in [0.2, 0.25) is 10.0 Å². The monoisotopic (exact) mass is 277 g/mol. The largest absolute Gasteiger partial charge is 0.388 e. The fraction of sp³-hybridized carbons (Fsp3) is 0.455. The minimum Gasteiger partial charge on any atom is -0.388 e.